The zero-order valence-corrected chi connectivity index (χ0v) is 14.3. The third-order valence-electron chi connectivity index (χ3n) is 3.84. The maximum Gasteiger partial charge on any atom is 0.338 e. The maximum absolute atomic E-state index is 13.7. The SMILES string of the molecule is CCC(OC(=O)c1ccc2ocnc2c1)C(=O)Nc1c(F)c(F)cc(F)c1F. The molecule has 28 heavy (non-hydrogen) atoms. The number of hydrogen-bond donors (Lipinski definition) is 1. The molecule has 2 aromatic carbocycles. The second-order valence-corrected chi connectivity index (χ2v) is 5.67. The molecule has 10 heteroatoms. The number of rotatable bonds is 5. The van der Waals surface area contributed by atoms with Gasteiger partial charge in [-0.25, -0.2) is 27.3 Å². The summed E-state index contributed by atoms with van der Waals surface area (Å²) in [4.78, 5) is 28.3. The topological polar surface area (TPSA) is 81.4 Å². The molecule has 0 bridgehead atoms. The van der Waals surface area contributed by atoms with Crippen LogP contribution in [0.25, 0.3) is 11.1 Å². The summed E-state index contributed by atoms with van der Waals surface area (Å²) in [6, 6.07) is 4.23. The highest BCUT2D eigenvalue weighted by molar-refractivity contribution is 5.98. The van der Waals surface area contributed by atoms with Crippen LogP contribution in [0.4, 0.5) is 23.2 Å². The van der Waals surface area contributed by atoms with Crippen molar-refractivity contribution < 1.29 is 36.3 Å². The molecule has 0 saturated heterocycles. The number of benzene rings is 2. The molecule has 0 aliphatic rings. The van der Waals surface area contributed by atoms with Gasteiger partial charge in [0.05, 0.1) is 5.56 Å². The van der Waals surface area contributed by atoms with Gasteiger partial charge in [0, 0.05) is 6.07 Å². The summed E-state index contributed by atoms with van der Waals surface area (Å²) < 4.78 is 64.0. The minimum absolute atomic E-state index is 0.0116. The van der Waals surface area contributed by atoms with Gasteiger partial charge in [-0.3, -0.25) is 4.79 Å². The summed E-state index contributed by atoms with van der Waals surface area (Å²) in [5.74, 6) is -8.96. The third kappa shape index (κ3) is 3.66. The number of carbonyl (C=O) groups excluding carboxylic acids is 2. The van der Waals surface area contributed by atoms with Crippen LogP contribution in [0.3, 0.4) is 0 Å². The van der Waals surface area contributed by atoms with Crippen LogP contribution in [-0.4, -0.2) is 23.0 Å². The molecule has 146 valence electrons. The first-order chi connectivity index (χ1) is 13.3. The van der Waals surface area contributed by atoms with E-state index in [1.54, 1.807) is 5.32 Å². The molecule has 1 N–H and O–H groups in total. The van der Waals surface area contributed by atoms with E-state index in [9.17, 15) is 27.2 Å². The zero-order valence-electron chi connectivity index (χ0n) is 14.3. The molecule has 0 saturated carbocycles. The predicted molar refractivity (Wildman–Crippen MR) is 88.4 cm³/mol. The van der Waals surface area contributed by atoms with Crippen LogP contribution in [0.1, 0.15) is 23.7 Å². The Morgan fingerprint density at radius 2 is 1.82 bits per heavy atom. The lowest BCUT2D eigenvalue weighted by Gasteiger charge is -2.17. The smallest absolute Gasteiger partial charge is 0.338 e. The van der Waals surface area contributed by atoms with Gasteiger partial charge in [-0.05, 0) is 24.6 Å². The molecule has 0 spiro atoms. The lowest BCUT2D eigenvalue weighted by Crippen LogP contribution is -2.33. The molecule has 3 aromatic rings. The number of ether oxygens (including phenoxy) is 1. The minimum atomic E-state index is -1.77. The van der Waals surface area contributed by atoms with Crippen molar-refractivity contribution in [2.24, 2.45) is 0 Å². The van der Waals surface area contributed by atoms with Crippen molar-refractivity contribution in [3.8, 4) is 0 Å². The molecule has 1 heterocycles. The van der Waals surface area contributed by atoms with Crippen molar-refractivity contribution in [2.45, 2.75) is 19.4 Å². The van der Waals surface area contributed by atoms with Crippen LogP contribution in [0.5, 0.6) is 0 Å². The van der Waals surface area contributed by atoms with Crippen molar-refractivity contribution in [3.05, 3.63) is 59.5 Å². The number of esters is 1. The number of hydrogen-bond acceptors (Lipinski definition) is 5. The molecular weight excluding hydrogens is 384 g/mol. The van der Waals surface area contributed by atoms with Gasteiger partial charge in [0.2, 0.25) is 0 Å². The molecule has 0 aliphatic carbocycles. The van der Waals surface area contributed by atoms with Crippen LogP contribution in [-0.2, 0) is 9.53 Å². The van der Waals surface area contributed by atoms with Gasteiger partial charge in [-0.2, -0.15) is 0 Å². The van der Waals surface area contributed by atoms with E-state index in [0.29, 0.717) is 11.1 Å². The Labute approximate surface area is 155 Å². The number of fused-ring (bicyclic) bond motifs is 1. The second-order valence-electron chi connectivity index (χ2n) is 5.67. The van der Waals surface area contributed by atoms with Gasteiger partial charge in [0.1, 0.15) is 11.2 Å². The van der Waals surface area contributed by atoms with E-state index in [1.165, 1.54) is 31.5 Å². The molecule has 0 fully saturated rings. The minimum Gasteiger partial charge on any atom is -0.449 e. The van der Waals surface area contributed by atoms with Crippen molar-refractivity contribution in [2.75, 3.05) is 5.32 Å². The maximum atomic E-state index is 13.7. The molecule has 0 radical (unpaired) electrons. The zero-order chi connectivity index (χ0) is 20.4. The van der Waals surface area contributed by atoms with Crippen molar-refractivity contribution >= 4 is 28.7 Å². The van der Waals surface area contributed by atoms with Crippen molar-refractivity contribution in [3.63, 3.8) is 0 Å². The average Bonchev–Trinajstić information content (AvgIpc) is 3.15. The van der Waals surface area contributed by atoms with E-state index in [1.807, 2.05) is 0 Å². The summed E-state index contributed by atoms with van der Waals surface area (Å²) in [7, 11) is 0. The first-order valence-corrected chi connectivity index (χ1v) is 8.00. The molecule has 1 unspecified atom stereocenters. The number of carbonyl (C=O) groups is 2. The first kappa shape index (κ1) is 19.3. The average molecular weight is 396 g/mol. The number of oxazole rings is 1. The number of anilines is 1. The Kier molecular flexibility index (Phi) is 5.30. The normalized spacial score (nSPS) is 12.0. The standard InChI is InChI=1S/C18H12F4N2O4/c1-2-12(17(25)24-16-14(21)9(19)6-10(20)15(16)22)28-18(26)8-3-4-13-11(5-8)23-7-27-13/h3-7,12H,2H2,1H3,(H,24,25). The first-order valence-electron chi connectivity index (χ1n) is 8.00. The van der Waals surface area contributed by atoms with E-state index in [2.05, 4.69) is 4.98 Å². The highest BCUT2D eigenvalue weighted by atomic mass is 19.2. The molecule has 6 nitrogen and oxygen atoms in total. The number of nitrogens with zero attached hydrogens (tertiary/aromatic N) is 1. The molecule has 1 atom stereocenters. The van der Waals surface area contributed by atoms with E-state index in [0.717, 1.165) is 0 Å². The van der Waals surface area contributed by atoms with Gasteiger partial charge in [0.15, 0.2) is 41.3 Å². The summed E-state index contributed by atoms with van der Waals surface area (Å²) in [6.07, 6.45) is -0.348. The lowest BCUT2D eigenvalue weighted by molar-refractivity contribution is -0.124. The van der Waals surface area contributed by atoms with Crippen LogP contribution in [0, 0.1) is 23.3 Å². The van der Waals surface area contributed by atoms with E-state index in [-0.39, 0.29) is 18.1 Å². The van der Waals surface area contributed by atoms with E-state index < -0.39 is 46.9 Å². The molecule has 3 rings (SSSR count). The fraction of sp³-hybridized carbons (Fsp3) is 0.167. The quantitative estimate of drug-likeness (QED) is 0.401. The molecule has 1 aromatic heterocycles. The van der Waals surface area contributed by atoms with Crippen LogP contribution >= 0.6 is 0 Å². The monoisotopic (exact) mass is 396 g/mol. The van der Waals surface area contributed by atoms with Gasteiger partial charge >= 0.3 is 5.97 Å². The Balaban J connectivity index is 1.78. The largest absolute Gasteiger partial charge is 0.449 e. The Morgan fingerprint density at radius 1 is 1.14 bits per heavy atom. The lowest BCUT2D eigenvalue weighted by atomic mass is 10.2. The van der Waals surface area contributed by atoms with Gasteiger partial charge < -0.3 is 14.5 Å². The summed E-state index contributed by atoms with van der Waals surface area (Å²) in [5.41, 5.74) is -0.436. The van der Waals surface area contributed by atoms with Crippen molar-refractivity contribution in [1.29, 1.82) is 0 Å². The Morgan fingerprint density at radius 3 is 2.46 bits per heavy atom. The van der Waals surface area contributed by atoms with Gasteiger partial charge in [-0.15, -0.1) is 0 Å². The van der Waals surface area contributed by atoms with Gasteiger partial charge in [0.25, 0.3) is 5.91 Å². The van der Waals surface area contributed by atoms with Crippen LogP contribution in [0.2, 0.25) is 0 Å². The Bertz CT molecular complexity index is 1040. The second kappa shape index (κ2) is 7.67. The van der Waals surface area contributed by atoms with E-state index >= 15 is 0 Å². The third-order valence-corrected chi connectivity index (χ3v) is 3.84. The van der Waals surface area contributed by atoms with Crippen LogP contribution in [0.15, 0.2) is 35.1 Å². The summed E-state index contributed by atoms with van der Waals surface area (Å²) in [6.45, 7) is 1.47. The highest BCUT2D eigenvalue weighted by Crippen LogP contribution is 2.25. The summed E-state index contributed by atoms with van der Waals surface area (Å²) >= 11 is 0. The van der Waals surface area contributed by atoms with Crippen LogP contribution < -0.4 is 5.32 Å². The van der Waals surface area contributed by atoms with Crippen molar-refractivity contribution in [1.82, 2.24) is 4.98 Å². The number of amides is 1. The molecule has 1 amide bonds. The number of aromatic nitrogens is 1. The molecular formula is C18H12F4N2O4. The Hall–Kier alpha value is -3.43. The fourth-order valence-electron chi connectivity index (χ4n) is 2.39. The molecule has 0 aliphatic heterocycles. The number of halogens is 4. The van der Waals surface area contributed by atoms with E-state index in [4.69, 9.17) is 9.15 Å². The van der Waals surface area contributed by atoms with Gasteiger partial charge in [-0.1, -0.05) is 6.92 Å². The number of nitrogens with one attached hydrogen (secondary N) is 1. The summed E-state index contributed by atoms with van der Waals surface area (Å²) in [5, 5.41) is 1.72. The fourth-order valence-corrected chi connectivity index (χ4v) is 2.39. The predicted octanol–water partition coefficient (Wildman–Crippen LogP) is 3.96. The highest BCUT2D eigenvalue weighted by Gasteiger charge is 2.27.